The second-order valence-corrected chi connectivity index (χ2v) is 6.61. The van der Waals surface area contributed by atoms with Gasteiger partial charge in [-0.1, -0.05) is 41.9 Å². The quantitative estimate of drug-likeness (QED) is 0.736. The highest BCUT2D eigenvalue weighted by molar-refractivity contribution is 6.32. The van der Waals surface area contributed by atoms with Crippen molar-refractivity contribution in [3.63, 3.8) is 0 Å². The highest BCUT2D eigenvalue weighted by atomic mass is 35.5. The van der Waals surface area contributed by atoms with Crippen LogP contribution < -0.4 is 14.8 Å². The highest BCUT2D eigenvalue weighted by Crippen LogP contribution is 2.37. The number of halogens is 1. The molecule has 0 aliphatic carbocycles. The number of rotatable bonds is 3. The molecule has 4 nitrogen and oxygen atoms in total. The summed E-state index contributed by atoms with van der Waals surface area (Å²) in [6, 6.07) is 17.3. The summed E-state index contributed by atoms with van der Waals surface area (Å²) in [5.41, 5.74) is 1.50. The normalized spacial score (nSPS) is 13.3. The number of hydrogen-bond acceptors (Lipinski definition) is 3. The van der Waals surface area contributed by atoms with Crippen molar-refractivity contribution in [1.29, 1.82) is 0 Å². The fourth-order valence-electron chi connectivity index (χ4n) is 3.00. The van der Waals surface area contributed by atoms with Crippen molar-refractivity contribution in [3.05, 3.63) is 70.7 Å². The van der Waals surface area contributed by atoms with Gasteiger partial charge in [-0.3, -0.25) is 4.79 Å². The van der Waals surface area contributed by atoms with Crippen LogP contribution >= 0.6 is 11.6 Å². The van der Waals surface area contributed by atoms with Gasteiger partial charge in [0, 0.05) is 18.5 Å². The zero-order chi connectivity index (χ0) is 17.9. The van der Waals surface area contributed by atoms with Gasteiger partial charge in [0.2, 0.25) is 0 Å². The lowest BCUT2D eigenvalue weighted by atomic mass is 10.1. The molecule has 26 heavy (non-hydrogen) atoms. The van der Waals surface area contributed by atoms with Crippen LogP contribution in [0.5, 0.6) is 11.5 Å². The first-order valence-electron chi connectivity index (χ1n) is 8.56. The summed E-state index contributed by atoms with van der Waals surface area (Å²) < 4.78 is 11.3. The molecule has 5 heteroatoms. The molecule has 1 aliphatic rings. The first-order valence-corrected chi connectivity index (χ1v) is 8.93. The van der Waals surface area contributed by atoms with Gasteiger partial charge in [0.15, 0.2) is 11.5 Å². The maximum atomic E-state index is 12.5. The SMILES string of the molecule is O=C(NCc1cc(Cl)c2c(c1)OCCCO2)c1ccc2ccccc2c1. The third-order valence-electron chi connectivity index (χ3n) is 4.33. The Morgan fingerprint density at radius 3 is 2.69 bits per heavy atom. The Hall–Kier alpha value is -2.72. The van der Waals surface area contributed by atoms with E-state index in [0.29, 0.717) is 41.8 Å². The van der Waals surface area contributed by atoms with Crippen LogP contribution in [-0.4, -0.2) is 19.1 Å². The van der Waals surface area contributed by atoms with Gasteiger partial charge >= 0.3 is 0 Å². The van der Waals surface area contributed by atoms with Gasteiger partial charge in [-0.05, 0) is 40.6 Å². The molecule has 1 aliphatic heterocycles. The minimum Gasteiger partial charge on any atom is -0.489 e. The number of benzene rings is 3. The van der Waals surface area contributed by atoms with Crippen molar-refractivity contribution in [2.24, 2.45) is 0 Å². The van der Waals surface area contributed by atoms with Crippen molar-refractivity contribution in [2.75, 3.05) is 13.2 Å². The molecular formula is C21H18ClNO3. The minimum atomic E-state index is -0.126. The maximum Gasteiger partial charge on any atom is 0.251 e. The maximum absolute atomic E-state index is 12.5. The standard InChI is InChI=1S/C21H18ClNO3/c22-18-10-14(11-19-20(18)26-9-3-8-25-19)13-23-21(24)17-7-6-15-4-1-2-5-16(15)12-17/h1-2,4-7,10-12H,3,8-9,13H2,(H,23,24). The highest BCUT2D eigenvalue weighted by Gasteiger charge is 2.16. The van der Waals surface area contributed by atoms with E-state index in [0.717, 1.165) is 22.8 Å². The van der Waals surface area contributed by atoms with Crippen LogP contribution in [0.25, 0.3) is 10.8 Å². The van der Waals surface area contributed by atoms with Crippen LogP contribution in [0.1, 0.15) is 22.3 Å². The van der Waals surface area contributed by atoms with Gasteiger partial charge in [0.05, 0.1) is 18.2 Å². The van der Waals surface area contributed by atoms with Gasteiger partial charge in [0.25, 0.3) is 5.91 Å². The molecule has 132 valence electrons. The molecule has 0 radical (unpaired) electrons. The molecule has 0 aromatic heterocycles. The molecule has 0 bridgehead atoms. The Balaban J connectivity index is 1.50. The molecule has 0 atom stereocenters. The average molecular weight is 368 g/mol. The van der Waals surface area contributed by atoms with Crippen LogP contribution in [0.15, 0.2) is 54.6 Å². The number of carbonyl (C=O) groups is 1. The molecule has 0 fully saturated rings. The Bertz CT molecular complexity index is 971. The topological polar surface area (TPSA) is 47.6 Å². The molecule has 0 spiro atoms. The van der Waals surface area contributed by atoms with Gasteiger partial charge in [-0.2, -0.15) is 0 Å². The number of nitrogens with one attached hydrogen (secondary N) is 1. The van der Waals surface area contributed by atoms with Gasteiger partial charge in [0.1, 0.15) is 0 Å². The molecular weight excluding hydrogens is 350 g/mol. The number of fused-ring (bicyclic) bond motifs is 2. The summed E-state index contributed by atoms with van der Waals surface area (Å²) in [6.45, 7) is 1.54. The summed E-state index contributed by atoms with van der Waals surface area (Å²) in [4.78, 5) is 12.5. The second-order valence-electron chi connectivity index (χ2n) is 6.20. The van der Waals surface area contributed by atoms with E-state index >= 15 is 0 Å². The van der Waals surface area contributed by atoms with Crippen molar-refractivity contribution in [2.45, 2.75) is 13.0 Å². The van der Waals surface area contributed by atoms with E-state index in [-0.39, 0.29) is 5.91 Å². The zero-order valence-electron chi connectivity index (χ0n) is 14.1. The number of ether oxygens (including phenoxy) is 2. The molecule has 3 aromatic carbocycles. The number of hydrogen-bond donors (Lipinski definition) is 1. The smallest absolute Gasteiger partial charge is 0.251 e. The zero-order valence-corrected chi connectivity index (χ0v) is 14.9. The lowest BCUT2D eigenvalue weighted by Crippen LogP contribution is -2.22. The Morgan fingerprint density at radius 2 is 1.81 bits per heavy atom. The lowest BCUT2D eigenvalue weighted by Gasteiger charge is -2.12. The summed E-state index contributed by atoms with van der Waals surface area (Å²) in [5, 5.41) is 5.59. The molecule has 1 amide bonds. The Kier molecular flexibility index (Phi) is 4.67. The van der Waals surface area contributed by atoms with Crippen LogP contribution in [0, 0.1) is 0 Å². The van der Waals surface area contributed by atoms with E-state index < -0.39 is 0 Å². The van der Waals surface area contributed by atoms with Crippen LogP contribution in [0.4, 0.5) is 0 Å². The Labute approximate surface area is 156 Å². The summed E-state index contributed by atoms with van der Waals surface area (Å²) in [7, 11) is 0. The summed E-state index contributed by atoms with van der Waals surface area (Å²) in [6.07, 6.45) is 0.818. The van der Waals surface area contributed by atoms with E-state index in [4.69, 9.17) is 21.1 Å². The van der Waals surface area contributed by atoms with E-state index in [1.54, 1.807) is 6.07 Å². The third-order valence-corrected chi connectivity index (χ3v) is 4.61. The largest absolute Gasteiger partial charge is 0.489 e. The number of carbonyl (C=O) groups excluding carboxylic acids is 1. The molecule has 3 aromatic rings. The van der Waals surface area contributed by atoms with Gasteiger partial charge in [-0.15, -0.1) is 0 Å². The van der Waals surface area contributed by atoms with Crippen molar-refractivity contribution < 1.29 is 14.3 Å². The van der Waals surface area contributed by atoms with E-state index in [9.17, 15) is 4.79 Å². The molecule has 0 unspecified atom stereocenters. The van der Waals surface area contributed by atoms with Crippen LogP contribution in [-0.2, 0) is 6.54 Å². The summed E-state index contributed by atoms with van der Waals surface area (Å²) >= 11 is 6.30. The monoisotopic (exact) mass is 367 g/mol. The third kappa shape index (κ3) is 3.46. The Morgan fingerprint density at radius 1 is 1.00 bits per heavy atom. The second kappa shape index (κ2) is 7.26. The average Bonchev–Trinajstić information content (AvgIpc) is 2.91. The predicted octanol–water partition coefficient (Wildman–Crippen LogP) is 4.58. The molecule has 1 heterocycles. The van der Waals surface area contributed by atoms with Crippen molar-refractivity contribution in [1.82, 2.24) is 5.32 Å². The molecule has 0 saturated heterocycles. The predicted molar refractivity (Wildman–Crippen MR) is 102 cm³/mol. The van der Waals surface area contributed by atoms with E-state index in [1.807, 2.05) is 48.5 Å². The fourth-order valence-corrected chi connectivity index (χ4v) is 3.29. The first-order chi connectivity index (χ1) is 12.7. The summed E-state index contributed by atoms with van der Waals surface area (Å²) in [5.74, 6) is 1.08. The fraction of sp³-hybridized carbons (Fsp3) is 0.190. The van der Waals surface area contributed by atoms with E-state index in [1.165, 1.54) is 0 Å². The van der Waals surface area contributed by atoms with Crippen LogP contribution in [0.3, 0.4) is 0 Å². The molecule has 4 rings (SSSR count). The molecule has 1 N–H and O–H groups in total. The minimum absolute atomic E-state index is 0.126. The lowest BCUT2D eigenvalue weighted by molar-refractivity contribution is 0.0951. The molecule has 0 saturated carbocycles. The van der Waals surface area contributed by atoms with Gasteiger partial charge < -0.3 is 14.8 Å². The first kappa shape index (κ1) is 16.7. The van der Waals surface area contributed by atoms with Crippen molar-refractivity contribution >= 4 is 28.3 Å². The number of amides is 1. The van der Waals surface area contributed by atoms with Crippen molar-refractivity contribution in [3.8, 4) is 11.5 Å². The van der Waals surface area contributed by atoms with Gasteiger partial charge in [-0.25, -0.2) is 0 Å². The van der Waals surface area contributed by atoms with E-state index in [2.05, 4.69) is 5.32 Å². The van der Waals surface area contributed by atoms with Crippen LogP contribution in [0.2, 0.25) is 5.02 Å².